The van der Waals surface area contributed by atoms with Crippen LogP contribution in [0.5, 0.6) is 11.5 Å². The van der Waals surface area contributed by atoms with E-state index in [1.54, 1.807) is 31.4 Å². The van der Waals surface area contributed by atoms with E-state index < -0.39 is 0 Å². The summed E-state index contributed by atoms with van der Waals surface area (Å²) < 4.78 is 10.4. The zero-order chi connectivity index (χ0) is 19.9. The van der Waals surface area contributed by atoms with E-state index in [1.165, 1.54) is 7.11 Å². The second kappa shape index (κ2) is 8.90. The van der Waals surface area contributed by atoms with E-state index >= 15 is 0 Å². The quantitative estimate of drug-likeness (QED) is 0.663. The number of amides is 2. The maximum absolute atomic E-state index is 12.2. The summed E-state index contributed by atoms with van der Waals surface area (Å²) in [5, 5.41) is 7.55. The number of para-hydroxylation sites is 1. The molecule has 3 aromatic rings. The van der Waals surface area contributed by atoms with Gasteiger partial charge in [-0.2, -0.15) is 0 Å². The monoisotopic (exact) mass is 378 g/mol. The molecule has 0 bridgehead atoms. The van der Waals surface area contributed by atoms with Crippen LogP contribution in [0.1, 0.15) is 15.9 Å². The predicted octanol–water partition coefficient (Wildman–Crippen LogP) is 2.90. The van der Waals surface area contributed by atoms with Crippen molar-refractivity contribution < 1.29 is 19.1 Å². The van der Waals surface area contributed by atoms with Crippen molar-refractivity contribution in [3.8, 4) is 11.5 Å². The van der Waals surface area contributed by atoms with Crippen LogP contribution in [0.25, 0.3) is 10.8 Å². The van der Waals surface area contributed by atoms with Gasteiger partial charge in [-0.25, -0.2) is 0 Å². The first-order valence-electron chi connectivity index (χ1n) is 8.85. The molecule has 0 spiro atoms. The molecular weight excluding hydrogens is 356 g/mol. The van der Waals surface area contributed by atoms with Gasteiger partial charge in [0.1, 0.15) is 11.5 Å². The Morgan fingerprint density at radius 3 is 2.39 bits per heavy atom. The van der Waals surface area contributed by atoms with Gasteiger partial charge in [0.05, 0.1) is 26.3 Å². The topological polar surface area (TPSA) is 76.7 Å². The molecule has 6 heteroatoms. The minimum absolute atomic E-state index is 0.109. The van der Waals surface area contributed by atoms with Crippen LogP contribution in [0.2, 0.25) is 0 Å². The van der Waals surface area contributed by atoms with E-state index in [1.807, 2.05) is 36.4 Å². The third-order valence-corrected chi connectivity index (χ3v) is 4.36. The van der Waals surface area contributed by atoms with Crippen LogP contribution in [0.15, 0.2) is 60.7 Å². The van der Waals surface area contributed by atoms with E-state index in [-0.39, 0.29) is 18.4 Å². The first kappa shape index (κ1) is 19.2. The normalized spacial score (nSPS) is 10.4. The number of hydrogen-bond acceptors (Lipinski definition) is 4. The highest BCUT2D eigenvalue weighted by Crippen LogP contribution is 2.22. The summed E-state index contributed by atoms with van der Waals surface area (Å²) in [4.78, 5) is 24.3. The summed E-state index contributed by atoms with van der Waals surface area (Å²) in [6.07, 6.45) is 0. The molecule has 0 aliphatic heterocycles. The number of rotatable bonds is 7. The van der Waals surface area contributed by atoms with Gasteiger partial charge in [0.25, 0.3) is 5.91 Å². The maximum atomic E-state index is 12.2. The fraction of sp³-hybridized carbons (Fsp3) is 0.182. The van der Waals surface area contributed by atoms with Crippen molar-refractivity contribution in [2.75, 3.05) is 20.8 Å². The minimum Gasteiger partial charge on any atom is -0.497 e. The molecule has 0 aliphatic rings. The molecule has 3 rings (SSSR count). The zero-order valence-corrected chi connectivity index (χ0v) is 15.8. The molecule has 0 fully saturated rings. The van der Waals surface area contributed by atoms with Crippen molar-refractivity contribution >= 4 is 22.6 Å². The third-order valence-electron chi connectivity index (χ3n) is 4.36. The van der Waals surface area contributed by atoms with E-state index in [0.29, 0.717) is 17.9 Å². The molecule has 0 heterocycles. The van der Waals surface area contributed by atoms with Crippen LogP contribution in [-0.4, -0.2) is 32.6 Å². The summed E-state index contributed by atoms with van der Waals surface area (Å²) in [6.45, 7) is 0.271. The van der Waals surface area contributed by atoms with Gasteiger partial charge < -0.3 is 20.1 Å². The zero-order valence-electron chi connectivity index (χ0n) is 15.8. The number of carbonyl (C=O) groups is 2. The van der Waals surface area contributed by atoms with Crippen molar-refractivity contribution in [2.24, 2.45) is 0 Å². The minimum atomic E-state index is -0.354. The van der Waals surface area contributed by atoms with Gasteiger partial charge in [0.15, 0.2) is 0 Å². The van der Waals surface area contributed by atoms with Crippen LogP contribution in [-0.2, 0) is 11.3 Å². The summed E-state index contributed by atoms with van der Waals surface area (Å²) >= 11 is 0. The lowest BCUT2D eigenvalue weighted by atomic mass is 10.1. The maximum Gasteiger partial charge on any atom is 0.255 e. The van der Waals surface area contributed by atoms with Gasteiger partial charge in [-0.1, -0.05) is 30.3 Å². The number of ether oxygens (including phenoxy) is 2. The molecule has 0 aromatic heterocycles. The number of carbonyl (C=O) groups excluding carboxylic acids is 2. The molecule has 0 saturated heterocycles. The second-order valence-electron chi connectivity index (χ2n) is 6.21. The smallest absolute Gasteiger partial charge is 0.255 e. The first-order valence-corrected chi connectivity index (χ1v) is 8.85. The Bertz CT molecular complexity index is 1000. The number of methoxy groups -OCH3 is 2. The second-order valence-corrected chi connectivity index (χ2v) is 6.21. The average molecular weight is 378 g/mol. The molecule has 0 radical (unpaired) electrons. The fourth-order valence-corrected chi connectivity index (χ4v) is 2.86. The van der Waals surface area contributed by atoms with Crippen molar-refractivity contribution in [3.05, 3.63) is 71.8 Å². The molecule has 3 aromatic carbocycles. The Morgan fingerprint density at radius 2 is 1.61 bits per heavy atom. The van der Waals surface area contributed by atoms with Crippen LogP contribution in [0, 0.1) is 0 Å². The number of hydrogen-bond donors (Lipinski definition) is 2. The lowest BCUT2D eigenvalue weighted by molar-refractivity contribution is -0.120. The fourth-order valence-electron chi connectivity index (χ4n) is 2.86. The molecule has 0 unspecified atom stereocenters. The van der Waals surface area contributed by atoms with Gasteiger partial charge in [-0.05, 0) is 46.7 Å². The molecule has 6 nitrogen and oxygen atoms in total. The van der Waals surface area contributed by atoms with Crippen LogP contribution < -0.4 is 20.1 Å². The lowest BCUT2D eigenvalue weighted by Crippen LogP contribution is -2.36. The molecule has 0 saturated carbocycles. The molecule has 2 N–H and O–H groups in total. The predicted molar refractivity (Wildman–Crippen MR) is 108 cm³/mol. The molecule has 0 atom stereocenters. The van der Waals surface area contributed by atoms with Crippen molar-refractivity contribution in [2.45, 2.75) is 6.54 Å². The van der Waals surface area contributed by atoms with E-state index in [9.17, 15) is 9.59 Å². The van der Waals surface area contributed by atoms with E-state index in [0.717, 1.165) is 22.1 Å². The van der Waals surface area contributed by atoms with Crippen LogP contribution in [0.3, 0.4) is 0 Å². The molecule has 0 aliphatic carbocycles. The van der Waals surface area contributed by atoms with E-state index in [4.69, 9.17) is 9.47 Å². The molecular formula is C22H22N2O4. The van der Waals surface area contributed by atoms with Crippen molar-refractivity contribution in [1.29, 1.82) is 0 Å². The third kappa shape index (κ3) is 4.59. The first-order chi connectivity index (χ1) is 13.6. The summed E-state index contributed by atoms with van der Waals surface area (Å²) in [5.74, 6) is 0.651. The summed E-state index contributed by atoms with van der Waals surface area (Å²) in [6, 6.07) is 18.7. The highest BCUT2D eigenvalue weighted by molar-refractivity contribution is 5.98. The SMILES string of the molecule is COc1ccc2cc(CNC(=O)CNC(=O)c3ccccc3OC)ccc2c1. The molecule has 28 heavy (non-hydrogen) atoms. The Balaban J connectivity index is 1.54. The Morgan fingerprint density at radius 1 is 0.857 bits per heavy atom. The highest BCUT2D eigenvalue weighted by Gasteiger charge is 2.12. The molecule has 144 valence electrons. The highest BCUT2D eigenvalue weighted by atomic mass is 16.5. The largest absolute Gasteiger partial charge is 0.497 e. The summed E-state index contributed by atoms with van der Waals surface area (Å²) in [7, 11) is 3.14. The van der Waals surface area contributed by atoms with E-state index in [2.05, 4.69) is 10.6 Å². The van der Waals surface area contributed by atoms with Gasteiger partial charge in [0, 0.05) is 6.54 Å². The van der Waals surface area contributed by atoms with Gasteiger partial charge in [-0.3, -0.25) is 9.59 Å². The van der Waals surface area contributed by atoms with Crippen LogP contribution >= 0.6 is 0 Å². The number of fused-ring (bicyclic) bond motifs is 1. The van der Waals surface area contributed by atoms with Gasteiger partial charge in [0.2, 0.25) is 5.91 Å². The number of nitrogens with one attached hydrogen (secondary N) is 2. The van der Waals surface area contributed by atoms with Crippen molar-refractivity contribution in [3.63, 3.8) is 0 Å². The standard InChI is InChI=1S/C22H22N2O4/c1-27-18-10-9-16-11-15(7-8-17(16)12-18)13-23-21(25)14-24-22(26)19-5-3-4-6-20(19)28-2/h3-12H,13-14H2,1-2H3,(H,23,25)(H,24,26). The number of benzene rings is 3. The van der Waals surface area contributed by atoms with Crippen LogP contribution in [0.4, 0.5) is 0 Å². The van der Waals surface area contributed by atoms with Crippen molar-refractivity contribution in [1.82, 2.24) is 10.6 Å². The van der Waals surface area contributed by atoms with Gasteiger partial charge >= 0.3 is 0 Å². The summed E-state index contributed by atoms with van der Waals surface area (Å²) in [5.41, 5.74) is 1.37. The Hall–Kier alpha value is -3.54. The Kier molecular flexibility index (Phi) is 6.11. The van der Waals surface area contributed by atoms with Gasteiger partial charge in [-0.15, -0.1) is 0 Å². The average Bonchev–Trinajstić information content (AvgIpc) is 2.75. The molecule has 2 amide bonds. The lowest BCUT2D eigenvalue weighted by Gasteiger charge is -2.10. The Labute approximate surface area is 163 Å².